The predicted octanol–water partition coefficient (Wildman–Crippen LogP) is 4.82. The molecule has 0 unspecified atom stereocenters. The summed E-state index contributed by atoms with van der Waals surface area (Å²) in [5.41, 5.74) is 1.16. The van der Waals surface area contributed by atoms with E-state index in [9.17, 15) is 0 Å². The first-order chi connectivity index (χ1) is 8.25. The van der Waals surface area contributed by atoms with Crippen LogP contribution in [0.2, 0.25) is 5.15 Å². The van der Waals surface area contributed by atoms with Gasteiger partial charge in [0.15, 0.2) is 0 Å². The lowest BCUT2D eigenvalue weighted by molar-refractivity contribution is 0.399. The van der Waals surface area contributed by atoms with Crippen molar-refractivity contribution in [3.05, 3.63) is 21.1 Å². The van der Waals surface area contributed by atoms with Crippen molar-refractivity contribution in [2.75, 3.05) is 0 Å². The van der Waals surface area contributed by atoms with E-state index in [1.807, 2.05) is 0 Å². The van der Waals surface area contributed by atoms with Gasteiger partial charge in [-0.1, -0.05) is 30.9 Å². The highest BCUT2D eigenvalue weighted by Crippen LogP contribution is 2.41. The lowest BCUT2D eigenvalue weighted by Gasteiger charge is -2.25. The predicted molar refractivity (Wildman–Crippen MR) is 72.5 cm³/mol. The summed E-state index contributed by atoms with van der Waals surface area (Å²) >= 11 is 9.78. The molecule has 0 aromatic carbocycles. The molecule has 0 radical (unpaired) electrons. The van der Waals surface area contributed by atoms with E-state index >= 15 is 0 Å². The van der Waals surface area contributed by atoms with Gasteiger partial charge < -0.3 is 0 Å². The molecule has 1 heterocycles. The summed E-state index contributed by atoms with van der Waals surface area (Å²) in [5, 5.41) is 0.601. The molecule has 2 aliphatic rings. The lowest BCUT2D eigenvalue weighted by Crippen LogP contribution is -2.15. The maximum atomic E-state index is 6.22. The highest BCUT2D eigenvalue weighted by Gasteiger charge is 2.27. The van der Waals surface area contributed by atoms with Crippen LogP contribution < -0.4 is 0 Å². The van der Waals surface area contributed by atoms with Gasteiger partial charge in [-0.2, -0.15) is 0 Å². The Hall–Kier alpha value is -0.150. The minimum absolute atomic E-state index is 0.556. The second-order valence-electron chi connectivity index (χ2n) is 5.18. The molecule has 2 nitrogen and oxygen atoms in total. The van der Waals surface area contributed by atoms with Crippen LogP contribution in [0.4, 0.5) is 0 Å². The molecule has 4 heteroatoms. The summed E-state index contributed by atoms with van der Waals surface area (Å²) in [6, 6.07) is 0. The molecule has 2 aliphatic carbocycles. The summed E-state index contributed by atoms with van der Waals surface area (Å²) in [7, 11) is 0. The standard InChI is InChI=1S/C13H16BrClN2/c14-10-11(8-4-1-2-5-8)16-13(17-12(10)15)9-6-3-7-9/h8-9H,1-7H2. The Morgan fingerprint density at radius 3 is 2.18 bits per heavy atom. The van der Waals surface area contributed by atoms with Gasteiger partial charge in [0.25, 0.3) is 0 Å². The third kappa shape index (κ3) is 2.24. The molecule has 2 fully saturated rings. The summed E-state index contributed by atoms with van der Waals surface area (Å²) in [5.74, 6) is 2.12. The minimum Gasteiger partial charge on any atom is -0.236 e. The molecule has 0 saturated heterocycles. The molecule has 0 bridgehead atoms. The zero-order chi connectivity index (χ0) is 11.8. The fourth-order valence-corrected chi connectivity index (χ4v) is 3.46. The van der Waals surface area contributed by atoms with Crippen molar-refractivity contribution < 1.29 is 0 Å². The third-order valence-electron chi connectivity index (χ3n) is 4.07. The first kappa shape index (κ1) is 11.9. The molecule has 0 N–H and O–H groups in total. The maximum Gasteiger partial charge on any atom is 0.147 e. The van der Waals surface area contributed by atoms with Crippen LogP contribution in [0.3, 0.4) is 0 Å². The summed E-state index contributed by atoms with van der Waals surface area (Å²) < 4.78 is 0.925. The second-order valence-corrected chi connectivity index (χ2v) is 6.33. The van der Waals surface area contributed by atoms with Gasteiger partial charge in [-0.3, -0.25) is 0 Å². The quantitative estimate of drug-likeness (QED) is 0.731. The van der Waals surface area contributed by atoms with Crippen LogP contribution in [-0.2, 0) is 0 Å². The van der Waals surface area contributed by atoms with Crippen LogP contribution in [0.15, 0.2) is 4.47 Å². The van der Waals surface area contributed by atoms with Crippen molar-refractivity contribution in [3.8, 4) is 0 Å². The molecular weight excluding hydrogens is 300 g/mol. The molecule has 3 rings (SSSR count). The van der Waals surface area contributed by atoms with Gasteiger partial charge in [-0.25, -0.2) is 9.97 Å². The highest BCUT2D eigenvalue weighted by atomic mass is 79.9. The van der Waals surface area contributed by atoms with Crippen molar-refractivity contribution in [3.63, 3.8) is 0 Å². The molecule has 0 atom stereocenters. The maximum absolute atomic E-state index is 6.22. The average Bonchev–Trinajstić information content (AvgIpc) is 2.73. The number of halogens is 2. The van der Waals surface area contributed by atoms with E-state index in [1.165, 1.54) is 44.9 Å². The van der Waals surface area contributed by atoms with Gasteiger partial charge in [0, 0.05) is 11.8 Å². The van der Waals surface area contributed by atoms with E-state index < -0.39 is 0 Å². The van der Waals surface area contributed by atoms with Crippen LogP contribution in [0.5, 0.6) is 0 Å². The van der Waals surface area contributed by atoms with Crippen LogP contribution in [0.25, 0.3) is 0 Å². The lowest BCUT2D eigenvalue weighted by atomic mass is 9.84. The minimum atomic E-state index is 0.556. The molecule has 0 spiro atoms. The van der Waals surface area contributed by atoms with Gasteiger partial charge in [0.05, 0.1) is 10.2 Å². The Balaban J connectivity index is 1.96. The van der Waals surface area contributed by atoms with Crippen molar-refractivity contribution >= 4 is 27.5 Å². The second kappa shape index (κ2) is 4.85. The fourth-order valence-electron chi connectivity index (χ4n) is 2.77. The van der Waals surface area contributed by atoms with Gasteiger partial charge in [-0.05, 0) is 41.6 Å². The first-order valence-electron chi connectivity index (χ1n) is 6.48. The SMILES string of the molecule is Clc1nc(C2CCC2)nc(C2CCCC2)c1Br. The van der Waals surface area contributed by atoms with Crippen LogP contribution in [-0.4, -0.2) is 9.97 Å². The Morgan fingerprint density at radius 2 is 1.59 bits per heavy atom. The van der Waals surface area contributed by atoms with Crippen LogP contribution >= 0.6 is 27.5 Å². The van der Waals surface area contributed by atoms with E-state index in [2.05, 4.69) is 20.9 Å². The average molecular weight is 316 g/mol. The molecular formula is C13H16BrClN2. The smallest absolute Gasteiger partial charge is 0.147 e. The van der Waals surface area contributed by atoms with Crippen LogP contribution in [0.1, 0.15) is 68.3 Å². The van der Waals surface area contributed by atoms with E-state index in [4.69, 9.17) is 16.6 Å². The molecule has 17 heavy (non-hydrogen) atoms. The molecule has 92 valence electrons. The number of hydrogen-bond donors (Lipinski definition) is 0. The summed E-state index contributed by atoms with van der Waals surface area (Å²) in [4.78, 5) is 9.23. The number of aromatic nitrogens is 2. The zero-order valence-electron chi connectivity index (χ0n) is 9.75. The van der Waals surface area contributed by atoms with Crippen molar-refractivity contribution in [1.29, 1.82) is 0 Å². The molecule has 0 aliphatic heterocycles. The van der Waals surface area contributed by atoms with E-state index in [0.717, 1.165) is 16.0 Å². The monoisotopic (exact) mass is 314 g/mol. The Labute approximate surface area is 115 Å². The Kier molecular flexibility index (Phi) is 3.40. The molecule has 0 amide bonds. The molecule has 1 aromatic rings. The van der Waals surface area contributed by atoms with E-state index in [0.29, 0.717) is 17.0 Å². The third-order valence-corrected chi connectivity index (χ3v) is 5.35. The largest absolute Gasteiger partial charge is 0.236 e. The van der Waals surface area contributed by atoms with Crippen molar-refractivity contribution in [2.24, 2.45) is 0 Å². The molecule has 1 aromatic heterocycles. The topological polar surface area (TPSA) is 25.8 Å². The Morgan fingerprint density at radius 1 is 0.941 bits per heavy atom. The van der Waals surface area contributed by atoms with E-state index in [1.54, 1.807) is 0 Å². The molecule has 2 saturated carbocycles. The summed E-state index contributed by atoms with van der Waals surface area (Å²) in [6.45, 7) is 0. The van der Waals surface area contributed by atoms with Crippen molar-refractivity contribution in [2.45, 2.75) is 56.8 Å². The Bertz CT molecular complexity index is 426. The highest BCUT2D eigenvalue weighted by molar-refractivity contribution is 9.10. The van der Waals surface area contributed by atoms with Crippen LogP contribution in [0, 0.1) is 0 Å². The van der Waals surface area contributed by atoms with Gasteiger partial charge >= 0.3 is 0 Å². The number of rotatable bonds is 2. The van der Waals surface area contributed by atoms with Gasteiger partial charge in [-0.15, -0.1) is 0 Å². The summed E-state index contributed by atoms with van der Waals surface area (Å²) in [6.07, 6.45) is 8.88. The normalized spacial score (nSPS) is 21.8. The zero-order valence-corrected chi connectivity index (χ0v) is 12.1. The van der Waals surface area contributed by atoms with Crippen molar-refractivity contribution in [1.82, 2.24) is 9.97 Å². The van der Waals surface area contributed by atoms with Gasteiger partial charge in [0.1, 0.15) is 11.0 Å². The number of nitrogens with zero attached hydrogens (tertiary/aromatic N) is 2. The fraction of sp³-hybridized carbons (Fsp3) is 0.692. The number of hydrogen-bond acceptors (Lipinski definition) is 2. The van der Waals surface area contributed by atoms with Gasteiger partial charge in [0.2, 0.25) is 0 Å². The first-order valence-corrected chi connectivity index (χ1v) is 7.65. The van der Waals surface area contributed by atoms with E-state index in [-0.39, 0.29) is 0 Å².